The van der Waals surface area contributed by atoms with Crippen LogP contribution < -0.4 is 16.0 Å². The molecule has 7 heteroatoms. The molecule has 142 valence electrons. The van der Waals surface area contributed by atoms with E-state index in [1.807, 2.05) is 30.3 Å². The van der Waals surface area contributed by atoms with Crippen LogP contribution in [0.3, 0.4) is 0 Å². The standard InChI is InChI=1S/C21H21N5O2/c1-15(27)24-17-7-9-18(10-8-17)25-21-23-14-12-19(26-21)20(28)22-13-11-16-5-3-2-4-6-16/h2-10,12,14H,11,13H2,1H3,(H,22,28)(H,24,27)(H,23,25,26). The fourth-order valence-corrected chi connectivity index (χ4v) is 2.57. The number of nitrogens with one attached hydrogen (secondary N) is 3. The van der Waals surface area contributed by atoms with Crippen LogP contribution in [0.4, 0.5) is 17.3 Å². The molecule has 0 spiro atoms. The molecule has 2 amide bonds. The maximum atomic E-state index is 12.3. The van der Waals surface area contributed by atoms with Gasteiger partial charge < -0.3 is 16.0 Å². The van der Waals surface area contributed by atoms with E-state index in [2.05, 4.69) is 25.9 Å². The minimum atomic E-state index is -0.248. The van der Waals surface area contributed by atoms with Crippen LogP contribution >= 0.6 is 0 Å². The monoisotopic (exact) mass is 375 g/mol. The van der Waals surface area contributed by atoms with Crippen LogP contribution in [0, 0.1) is 0 Å². The zero-order chi connectivity index (χ0) is 19.8. The van der Waals surface area contributed by atoms with Crippen molar-refractivity contribution in [3.8, 4) is 0 Å². The van der Waals surface area contributed by atoms with Crippen LogP contribution in [0.2, 0.25) is 0 Å². The van der Waals surface area contributed by atoms with Crippen molar-refractivity contribution >= 4 is 29.1 Å². The molecule has 2 aromatic carbocycles. The molecule has 0 aliphatic carbocycles. The van der Waals surface area contributed by atoms with Gasteiger partial charge in [-0.3, -0.25) is 9.59 Å². The summed E-state index contributed by atoms with van der Waals surface area (Å²) >= 11 is 0. The fraction of sp³-hybridized carbons (Fsp3) is 0.143. The number of aromatic nitrogens is 2. The molecule has 0 aliphatic rings. The van der Waals surface area contributed by atoms with Gasteiger partial charge in [0.2, 0.25) is 11.9 Å². The summed E-state index contributed by atoms with van der Waals surface area (Å²) in [7, 11) is 0. The van der Waals surface area contributed by atoms with Crippen LogP contribution in [-0.2, 0) is 11.2 Å². The number of rotatable bonds is 7. The average Bonchev–Trinajstić information content (AvgIpc) is 2.70. The first kappa shape index (κ1) is 19.0. The lowest BCUT2D eigenvalue weighted by molar-refractivity contribution is -0.114. The van der Waals surface area contributed by atoms with Crippen molar-refractivity contribution in [2.75, 3.05) is 17.2 Å². The quantitative estimate of drug-likeness (QED) is 0.590. The van der Waals surface area contributed by atoms with E-state index >= 15 is 0 Å². The molecule has 1 aromatic heterocycles. The molecule has 0 radical (unpaired) electrons. The van der Waals surface area contributed by atoms with Gasteiger partial charge >= 0.3 is 0 Å². The molecule has 0 atom stereocenters. The summed E-state index contributed by atoms with van der Waals surface area (Å²) in [6, 6.07) is 18.7. The summed E-state index contributed by atoms with van der Waals surface area (Å²) in [5, 5.41) is 8.61. The third kappa shape index (κ3) is 5.63. The molecule has 3 N–H and O–H groups in total. The minimum Gasteiger partial charge on any atom is -0.350 e. The first-order chi connectivity index (χ1) is 13.6. The smallest absolute Gasteiger partial charge is 0.270 e. The molecule has 3 rings (SSSR count). The van der Waals surface area contributed by atoms with E-state index < -0.39 is 0 Å². The largest absolute Gasteiger partial charge is 0.350 e. The van der Waals surface area contributed by atoms with Crippen LogP contribution in [-0.4, -0.2) is 28.3 Å². The average molecular weight is 375 g/mol. The zero-order valence-electron chi connectivity index (χ0n) is 15.5. The predicted molar refractivity (Wildman–Crippen MR) is 109 cm³/mol. The first-order valence-corrected chi connectivity index (χ1v) is 8.90. The molecule has 0 bridgehead atoms. The molecule has 0 aliphatic heterocycles. The van der Waals surface area contributed by atoms with Gasteiger partial charge in [0.25, 0.3) is 5.91 Å². The Balaban J connectivity index is 1.57. The predicted octanol–water partition coefficient (Wildman–Crippen LogP) is 3.15. The highest BCUT2D eigenvalue weighted by atomic mass is 16.2. The lowest BCUT2D eigenvalue weighted by Crippen LogP contribution is -2.26. The Morgan fingerprint density at radius 1 is 0.929 bits per heavy atom. The molecular weight excluding hydrogens is 354 g/mol. The minimum absolute atomic E-state index is 0.130. The summed E-state index contributed by atoms with van der Waals surface area (Å²) in [4.78, 5) is 31.8. The molecule has 0 fully saturated rings. The number of benzene rings is 2. The van der Waals surface area contributed by atoms with Crippen molar-refractivity contribution in [2.45, 2.75) is 13.3 Å². The topological polar surface area (TPSA) is 96.0 Å². The Morgan fingerprint density at radius 2 is 1.64 bits per heavy atom. The Labute approximate surface area is 163 Å². The molecule has 7 nitrogen and oxygen atoms in total. The van der Waals surface area contributed by atoms with Gasteiger partial charge in [0.05, 0.1) is 0 Å². The van der Waals surface area contributed by atoms with Gasteiger partial charge in [-0.15, -0.1) is 0 Å². The highest BCUT2D eigenvalue weighted by Gasteiger charge is 2.09. The summed E-state index contributed by atoms with van der Waals surface area (Å²) in [6.07, 6.45) is 2.29. The Morgan fingerprint density at radius 3 is 2.36 bits per heavy atom. The lowest BCUT2D eigenvalue weighted by atomic mass is 10.1. The summed E-state index contributed by atoms with van der Waals surface area (Å²) in [6.45, 7) is 1.98. The third-order valence-corrected chi connectivity index (χ3v) is 3.89. The van der Waals surface area contributed by atoms with Gasteiger partial charge in [-0.05, 0) is 42.3 Å². The molecule has 0 saturated heterocycles. The summed E-state index contributed by atoms with van der Waals surface area (Å²) in [5.41, 5.74) is 2.90. The van der Waals surface area contributed by atoms with Gasteiger partial charge in [-0.1, -0.05) is 30.3 Å². The SMILES string of the molecule is CC(=O)Nc1ccc(Nc2nccc(C(=O)NCCc3ccccc3)n2)cc1. The highest BCUT2D eigenvalue weighted by molar-refractivity contribution is 5.92. The second-order valence-electron chi connectivity index (χ2n) is 6.14. The number of hydrogen-bond acceptors (Lipinski definition) is 5. The van der Waals surface area contributed by atoms with Gasteiger partial charge in [-0.25, -0.2) is 9.97 Å². The number of carbonyl (C=O) groups is 2. The van der Waals surface area contributed by atoms with E-state index in [0.717, 1.165) is 17.7 Å². The summed E-state index contributed by atoms with van der Waals surface area (Å²) in [5.74, 6) is -0.0552. The normalized spacial score (nSPS) is 10.2. The van der Waals surface area contributed by atoms with E-state index in [1.165, 1.54) is 13.1 Å². The zero-order valence-corrected chi connectivity index (χ0v) is 15.5. The van der Waals surface area contributed by atoms with Crippen LogP contribution in [0.15, 0.2) is 66.9 Å². The molecule has 1 heterocycles. The van der Waals surface area contributed by atoms with E-state index in [4.69, 9.17) is 0 Å². The molecule has 0 unspecified atom stereocenters. The maximum absolute atomic E-state index is 12.3. The van der Waals surface area contributed by atoms with E-state index in [-0.39, 0.29) is 11.8 Å². The van der Waals surface area contributed by atoms with Gasteiger partial charge in [0.1, 0.15) is 5.69 Å². The number of carbonyl (C=O) groups excluding carboxylic acids is 2. The highest BCUT2D eigenvalue weighted by Crippen LogP contribution is 2.16. The number of amides is 2. The fourth-order valence-electron chi connectivity index (χ4n) is 2.57. The van der Waals surface area contributed by atoms with Gasteiger partial charge in [-0.2, -0.15) is 0 Å². The first-order valence-electron chi connectivity index (χ1n) is 8.90. The van der Waals surface area contributed by atoms with Crippen molar-refractivity contribution in [2.24, 2.45) is 0 Å². The Bertz CT molecular complexity index is 943. The summed E-state index contributed by atoms with van der Waals surface area (Å²) < 4.78 is 0. The second-order valence-corrected chi connectivity index (χ2v) is 6.14. The third-order valence-electron chi connectivity index (χ3n) is 3.89. The van der Waals surface area contributed by atoms with Crippen LogP contribution in [0.25, 0.3) is 0 Å². The lowest BCUT2D eigenvalue weighted by Gasteiger charge is -2.08. The van der Waals surface area contributed by atoms with Crippen molar-refractivity contribution < 1.29 is 9.59 Å². The molecule has 3 aromatic rings. The number of nitrogens with zero attached hydrogens (tertiary/aromatic N) is 2. The molecule has 28 heavy (non-hydrogen) atoms. The van der Waals surface area contributed by atoms with Crippen molar-refractivity contribution in [1.29, 1.82) is 0 Å². The van der Waals surface area contributed by atoms with E-state index in [1.54, 1.807) is 30.3 Å². The number of hydrogen-bond donors (Lipinski definition) is 3. The van der Waals surface area contributed by atoms with E-state index in [9.17, 15) is 9.59 Å². The Kier molecular flexibility index (Phi) is 6.30. The van der Waals surface area contributed by atoms with Crippen molar-refractivity contribution in [3.05, 3.63) is 78.1 Å². The van der Waals surface area contributed by atoms with Gasteiger partial charge in [0, 0.05) is 31.0 Å². The maximum Gasteiger partial charge on any atom is 0.270 e. The van der Waals surface area contributed by atoms with Crippen molar-refractivity contribution in [3.63, 3.8) is 0 Å². The molecular formula is C21H21N5O2. The van der Waals surface area contributed by atoms with E-state index in [0.29, 0.717) is 23.9 Å². The van der Waals surface area contributed by atoms with Gasteiger partial charge in [0.15, 0.2) is 0 Å². The van der Waals surface area contributed by atoms with Crippen LogP contribution in [0.5, 0.6) is 0 Å². The molecule has 0 saturated carbocycles. The van der Waals surface area contributed by atoms with Crippen LogP contribution in [0.1, 0.15) is 23.0 Å². The Hall–Kier alpha value is -3.74. The van der Waals surface area contributed by atoms with Crippen molar-refractivity contribution in [1.82, 2.24) is 15.3 Å². The number of anilines is 3. The second kappa shape index (κ2) is 9.27.